The van der Waals surface area contributed by atoms with Crippen LogP contribution in [0.4, 0.5) is 10.5 Å². The molecule has 3 N–H and O–H groups in total. The van der Waals surface area contributed by atoms with E-state index in [1.165, 1.54) is 11.3 Å². The van der Waals surface area contributed by atoms with Crippen LogP contribution in [-0.4, -0.2) is 17.7 Å². The molecule has 0 aliphatic heterocycles. The second-order valence-electron chi connectivity index (χ2n) is 4.37. The molecule has 2 rings (SSSR count). The SMILES string of the molecule is Cc1cc(Cl)ccc1NC(=O)NCC(O)c1ccsc1. The lowest BCUT2D eigenvalue weighted by Gasteiger charge is -2.13. The number of amides is 2. The lowest BCUT2D eigenvalue weighted by molar-refractivity contribution is 0.175. The standard InChI is InChI=1S/C14H15ClN2O2S/c1-9-6-11(15)2-3-12(9)17-14(19)16-7-13(18)10-4-5-20-8-10/h2-6,8,13,18H,7H2,1H3,(H2,16,17,19). The monoisotopic (exact) mass is 310 g/mol. The highest BCUT2D eigenvalue weighted by Gasteiger charge is 2.10. The Morgan fingerprint density at radius 3 is 2.90 bits per heavy atom. The van der Waals surface area contributed by atoms with Crippen LogP contribution in [0.2, 0.25) is 5.02 Å². The molecule has 0 saturated heterocycles. The van der Waals surface area contributed by atoms with Crippen molar-refractivity contribution in [2.45, 2.75) is 13.0 Å². The van der Waals surface area contributed by atoms with Crippen LogP contribution in [0, 0.1) is 6.92 Å². The van der Waals surface area contributed by atoms with Gasteiger partial charge in [-0.2, -0.15) is 11.3 Å². The highest BCUT2D eigenvalue weighted by atomic mass is 35.5. The van der Waals surface area contributed by atoms with Crippen molar-refractivity contribution in [1.82, 2.24) is 5.32 Å². The smallest absolute Gasteiger partial charge is 0.319 e. The zero-order chi connectivity index (χ0) is 14.5. The number of urea groups is 1. The van der Waals surface area contributed by atoms with E-state index in [9.17, 15) is 9.90 Å². The molecule has 4 nitrogen and oxygen atoms in total. The minimum atomic E-state index is -0.696. The fraction of sp³-hybridized carbons (Fsp3) is 0.214. The number of hydrogen-bond acceptors (Lipinski definition) is 3. The number of aliphatic hydroxyl groups excluding tert-OH is 1. The predicted octanol–water partition coefficient (Wildman–Crippen LogP) is 3.57. The van der Waals surface area contributed by atoms with Gasteiger partial charge in [-0.05, 0) is 53.1 Å². The summed E-state index contributed by atoms with van der Waals surface area (Å²) in [6.07, 6.45) is -0.696. The second kappa shape index (κ2) is 6.74. The van der Waals surface area contributed by atoms with Gasteiger partial charge in [-0.15, -0.1) is 0 Å². The summed E-state index contributed by atoms with van der Waals surface area (Å²) >= 11 is 7.36. The molecule has 2 amide bonds. The third-order valence-corrected chi connectivity index (χ3v) is 3.76. The Balaban J connectivity index is 1.86. The van der Waals surface area contributed by atoms with E-state index in [-0.39, 0.29) is 12.6 Å². The molecule has 0 aliphatic carbocycles. The molecule has 106 valence electrons. The molecule has 2 aromatic rings. The molecule has 20 heavy (non-hydrogen) atoms. The van der Waals surface area contributed by atoms with E-state index < -0.39 is 6.10 Å². The first-order valence-corrected chi connectivity index (χ1v) is 7.39. The Bertz CT molecular complexity index is 587. The minimum Gasteiger partial charge on any atom is -0.387 e. The maximum absolute atomic E-state index is 11.8. The van der Waals surface area contributed by atoms with Gasteiger partial charge in [0.2, 0.25) is 0 Å². The van der Waals surface area contributed by atoms with Crippen molar-refractivity contribution in [3.8, 4) is 0 Å². The van der Waals surface area contributed by atoms with E-state index in [1.54, 1.807) is 18.2 Å². The van der Waals surface area contributed by atoms with Crippen molar-refractivity contribution >= 4 is 34.7 Å². The predicted molar refractivity (Wildman–Crippen MR) is 82.5 cm³/mol. The Labute approximate surface area is 126 Å². The largest absolute Gasteiger partial charge is 0.387 e. The third-order valence-electron chi connectivity index (χ3n) is 2.82. The molecule has 0 spiro atoms. The van der Waals surface area contributed by atoms with E-state index in [0.29, 0.717) is 10.7 Å². The Morgan fingerprint density at radius 1 is 1.45 bits per heavy atom. The number of aliphatic hydroxyl groups is 1. The van der Waals surface area contributed by atoms with Gasteiger partial charge in [0.1, 0.15) is 0 Å². The van der Waals surface area contributed by atoms with Gasteiger partial charge in [-0.25, -0.2) is 4.79 Å². The number of aryl methyl sites for hydroxylation is 1. The van der Waals surface area contributed by atoms with Crippen LogP contribution < -0.4 is 10.6 Å². The fourth-order valence-electron chi connectivity index (χ4n) is 1.71. The maximum Gasteiger partial charge on any atom is 0.319 e. The zero-order valence-electron chi connectivity index (χ0n) is 10.9. The average Bonchev–Trinajstić information content (AvgIpc) is 2.93. The first-order valence-electron chi connectivity index (χ1n) is 6.07. The molecule has 1 unspecified atom stereocenters. The number of benzene rings is 1. The van der Waals surface area contributed by atoms with E-state index in [1.807, 2.05) is 23.8 Å². The fourth-order valence-corrected chi connectivity index (χ4v) is 2.64. The lowest BCUT2D eigenvalue weighted by Crippen LogP contribution is -2.32. The molecule has 1 atom stereocenters. The molecule has 0 aliphatic rings. The van der Waals surface area contributed by atoms with Crippen LogP contribution in [0.1, 0.15) is 17.2 Å². The van der Waals surface area contributed by atoms with Gasteiger partial charge in [-0.1, -0.05) is 11.6 Å². The molecule has 0 fully saturated rings. The molecule has 6 heteroatoms. The van der Waals surface area contributed by atoms with E-state index in [4.69, 9.17) is 11.6 Å². The third kappa shape index (κ3) is 3.96. The van der Waals surface area contributed by atoms with Crippen molar-refractivity contribution in [3.05, 3.63) is 51.2 Å². The summed E-state index contributed by atoms with van der Waals surface area (Å²) in [6.45, 7) is 2.02. The highest BCUT2D eigenvalue weighted by Crippen LogP contribution is 2.19. The summed E-state index contributed by atoms with van der Waals surface area (Å²) in [5.74, 6) is 0. The minimum absolute atomic E-state index is 0.162. The first kappa shape index (κ1) is 14.8. The Morgan fingerprint density at radius 2 is 2.25 bits per heavy atom. The number of halogens is 1. The molecular weight excluding hydrogens is 296 g/mol. The Hall–Kier alpha value is -1.56. The molecular formula is C14H15ClN2O2S. The van der Waals surface area contributed by atoms with E-state index in [2.05, 4.69) is 10.6 Å². The van der Waals surface area contributed by atoms with E-state index >= 15 is 0 Å². The van der Waals surface area contributed by atoms with Crippen molar-refractivity contribution in [2.75, 3.05) is 11.9 Å². The Kier molecular flexibility index (Phi) is 5.00. The van der Waals surface area contributed by atoms with Gasteiger partial charge < -0.3 is 15.7 Å². The van der Waals surface area contributed by atoms with Crippen LogP contribution in [0.25, 0.3) is 0 Å². The van der Waals surface area contributed by atoms with Crippen molar-refractivity contribution in [1.29, 1.82) is 0 Å². The van der Waals surface area contributed by atoms with Crippen molar-refractivity contribution < 1.29 is 9.90 Å². The summed E-state index contributed by atoms with van der Waals surface area (Å²) in [6, 6.07) is 6.71. The van der Waals surface area contributed by atoms with Gasteiger partial charge in [-0.3, -0.25) is 0 Å². The van der Waals surface area contributed by atoms with Crippen LogP contribution in [-0.2, 0) is 0 Å². The van der Waals surface area contributed by atoms with Crippen molar-refractivity contribution in [2.24, 2.45) is 0 Å². The number of carbonyl (C=O) groups is 1. The number of nitrogens with one attached hydrogen (secondary N) is 2. The van der Waals surface area contributed by atoms with Crippen LogP contribution >= 0.6 is 22.9 Å². The van der Waals surface area contributed by atoms with Crippen LogP contribution in [0.15, 0.2) is 35.0 Å². The quantitative estimate of drug-likeness (QED) is 0.808. The summed E-state index contributed by atoms with van der Waals surface area (Å²) in [7, 11) is 0. The maximum atomic E-state index is 11.8. The number of carbonyl (C=O) groups excluding carboxylic acids is 1. The van der Waals surface area contributed by atoms with E-state index in [0.717, 1.165) is 11.1 Å². The molecule has 1 aromatic carbocycles. The van der Waals surface area contributed by atoms with Gasteiger partial charge in [0.05, 0.1) is 6.10 Å². The van der Waals surface area contributed by atoms with Crippen LogP contribution in [0.5, 0.6) is 0 Å². The normalized spacial score (nSPS) is 11.9. The molecule has 0 bridgehead atoms. The van der Waals surface area contributed by atoms with Crippen LogP contribution in [0.3, 0.4) is 0 Å². The summed E-state index contributed by atoms with van der Waals surface area (Å²) in [5, 5.41) is 19.6. The first-order chi connectivity index (χ1) is 9.56. The average molecular weight is 311 g/mol. The van der Waals surface area contributed by atoms with Gasteiger partial charge in [0.25, 0.3) is 0 Å². The number of rotatable bonds is 4. The molecule has 0 saturated carbocycles. The topological polar surface area (TPSA) is 61.4 Å². The van der Waals surface area contributed by atoms with Gasteiger partial charge in [0, 0.05) is 17.3 Å². The number of thiophene rings is 1. The summed E-state index contributed by atoms with van der Waals surface area (Å²) < 4.78 is 0. The number of hydrogen-bond donors (Lipinski definition) is 3. The highest BCUT2D eigenvalue weighted by molar-refractivity contribution is 7.07. The molecule has 1 aromatic heterocycles. The summed E-state index contributed by atoms with van der Waals surface area (Å²) in [5.41, 5.74) is 2.38. The molecule has 1 heterocycles. The number of anilines is 1. The lowest BCUT2D eigenvalue weighted by atomic mass is 10.2. The molecule has 0 radical (unpaired) electrons. The summed E-state index contributed by atoms with van der Waals surface area (Å²) in [4.78, 5) is 11.8. The van der Waals surface area contributed by atoms with Crippen molar-refractivity contribution in [3.63, 3.8) is 0 Å². The zero-order valence-corrected chi connectivity index (χ0v) is 12.5. The van der Waals surface area contributed by atoms with Gasteiger partial charge in [0.15, 0.2) is 0 Å². The second-order valence-corrected chi connectivity index (χ2v) is 5.58. The van der Waals surface area contributed by atoms with Gasteiger partial charge >= 0.3 is 6.03 Å².